The largest absolute Gasteiger partial charge is 0.459 e. The van der Waals surface area contributed by atoms with Crippen LogP contribution in [0, 0.1) is 31.6 Å². The molecule has 2 aromatic rings. The van der Waals surface area contributed by atoms with Crippen molar-refractivity contribution in [3.05, 3.63) is 77.4 Å². The molecule has 6 unspecified atom stereocenters. The number of hydrogen-bond acceptors (Lipinski definition) is 11. The van der Waals surface area contributed by atoms with E-state index in [0.29, 0.717) is 36.7 Å². The van der Waals surface area contributed by atoms with Crippen LogP contribution in [0.15, 0.2) is 65.9 Å². The zero-order valence-electron chi connectivity index (χ0n) is 32.9. The van der Waals surface area contributed by atoms with E-state index in [-0.39, 0.29) is 70.4 Å². The summed E-state index contributed by atoms with van der Waals surface area (Å²) in [6.45, 7) is 10.9. The maximum Gasteiger partial charge on any atom is 0.410 e. The van der Waals surface area contributed by atoms with Crippen LogP contribution in [0.4, 0.5) is 4.79 Å². The number of benzene rings is 2. The molecule has 0 saturated heterocycles. The van der Waals surface area contributed by atoms with E-state index in [2.05, 4.69) is 32.6 Å². The lowest BCUT2D eigenvalue weighted by Crippen LogP contribution is -2.70. The highest BCUT2D eigenvalue weighted by molar-refractivity contribution is 6.03. The molecule has 1 fully saturated rings. The molecular weight excluding hydrogens is 704 g/mol. The van der Waals surface area contributed by atoms with Crippen LogP contribution in [0.5, 0.6) is 17.2 Å². The number of aliphatic hydroxyl groups is 3. The van der Waals surface area contributed by atoms with Crippen molar-refractivity contribution in [2.45, 2.75) is 83.5 Å². The van der Waals surface area contributed by atoms with Crippen molar-refractivity contribution in [1.29, 1.82) is 0 Å². The van der Waals surface area contributed by atoms with E-state index in [1.807, 2.05) is 37.3 Å². The molecule has 12 nitrogen and oxygen atoms in total. The van der Waals surface area contributed by atoms with Crippen molar-refractivity contribution in [1.82, 2.24) is 4.90 Å². The smallest absolute Gasteiger partial charge is 0.410 e. The highest BCUT2D eigenvalue weighted by Gasteiger charge is 2.65. The number of oxime groups is 1. The maximum atomic E-state index is 13.8. The van der Waals surface area contributed by atoms with Crippen molar-refractivity contribution in [2.24, 2.45) is 22.9 Å². The summed E-state index contributed by atoms with van der Waals surface area (Å²) in [5.74, 6) is 0.0999. The van der Waals surface area contributed by atoms with E-state index in [9.17, 15) is 20.1 Å². The predicted molar refractivity (Wildman–Crippen MR) is 210 cm³/mol. The topological polar surface area (TPSA) is 149 Å². The van der Waals surface area contributed by atoms with Crippen molar-refractivity contribution < 1.29 is 48.6 Å². The van der Waals surface area contributed by atoms with Gasteiger partial charge in [0.05, 0.1) is 45.2 Å². The second-order valence-corrected chi connectivity index (χ2v) is 14.5. The third-order valence-corrected chi connectivity index (χ3v) is 11.2. The lowest BCUT2D eigenvalue weighted by molar-refractivity contribution is -0.255. The number of hydrogen-bond donors (Lipinski definition) is 3. The zero-order valence-corrected chi connectivity index (χ0v) is 32.9. The van der Waals surface area contributed by atoms with E-state index in [0.717, 1.165) is 48.1 Å². The monoisotopic (exact) mass is 764 g/mol. The third-order valence-electron chi connectivity index (χ3n) is 11.2. The molecule has 1 aliphatic heterocycles. The van der Waals surface area contributed by atoms with Gasteiger partial charge >= 0.3 is 6.09 Å². The quantitative estimate of drug-likeness (QED) is 0.0702. The molecule has 55 heavy (non-hydrogen) atoms. The van der Waals surface area contributed by atoms with Gasteiger partial charge in [0, 0.05) is 37.7 Å². The molecule has 2 aliphatic carbocycles. The second kappa shape index (κ2) is 20.3. The first-order valence-corrected chi connectivity index (χ1v) is 19.7. The lowest BCUT2D eigenvalue weighted by Gasteiger charge is -2.59. The molecule has 5 rings (SSSR count). The fraction of sp³-hybridized carbons (Fsp3) is 0.581. The number of carbonyl (C=O) groups is 1. The zero-order chi connectivity index (χ0) is 39.4. The fourth-order valence-corrected chi connectivity index (χ4v) is 8.59. The molecule has 12 heteroatoms. The van der Waals surface area contributed by atoms with E-state index < -0.39 is 23.8 Å². The minimum Gasteiger partial charge on any atom is -0.459 e. The average molecular weight is 765 g/mol. The van der Waals surface area contributed by atoms with Crippen molar-refractivity contribution in [3.63, 3.8) is 0 Å². The highest BCUT2D eigenvalue weighted by atomic mass is 16.7. The lowest BCUT2D eigenvalue weighted by atomic mass is 9.55. The summed E-state index contributed by atoms with van der Waals surface area (Å²) in [7, 11) is 1.34. The van der Waals surface area contributed by atoms with Gasteiger partial charge in [-0.3, -0.25) is 4.90 Å². The number of aliphatic hydroxyl groups excluding tert-OH is 3. The second-order valence-electron chi connectivity index (χ2n) is 14.5. The van der Waals surface area contributed by atoms with Crippen LogP contribution >= 0.6 is 0 Å². The number of aryl methyl sites for hydroxylation is 2. The Balaban J connectivity index is 1.75. The molecule has 6 atom stereocenters. The van der Waals surface area contributed by atoms with Gasteiger partial charge in [-0.2, -0.15) is 0 Å². The van der Waals surface area contributed by atoms with E-state index >= 15 is 0 Å². The predicted octanol–water partition coefficient (Wildman–Crippen LogP) is 6.83. The Morgan fingerprint density at radius 2 is 1.75 bits per heavy atom. The Kier molecular flexibility index (Phi) is 15.6. The minimum atomic E-state index is -1.42. The Bertz CT molecular complexity index is 1640. The molecule has 0 bridgehead atoms. The van der Waals surface area contributed by atoms with Crippen molar-refractivity contribution >= 4 is 11.8 Å². The Hall–Kier alpha value is -3.94. The summed E-state index contributed by atoms with van der Waals surface area (Å²) in [6.07, 6.45) is 8.28. The van der Waals surface area contributed by atoms with Gasteiger partial charge in [-0.15, -0.1) is 6.58 Å². The maximum absolute atomic E-state index is 13.8. The number of fused-ring (bicyclic) bond motifs is 2. The Morgan fingerprint density at radius 3 is 2.44 bits per heavy atom. The van der Waals surface area contributed by atoms with Crippen LogP contribution in [0.1, 0.15) is 74.5 Å². The molecule has 1 amide bonds. The normalized spacial score (nSPS) is 24.6. The van der Waals surface area contributed by atoms with E-state index in [4.69, 9.17) is 33.7 Å². The Labute approximate surface area is 325 Å². The number of rotatable bonds is 21. The van der Waals surface area contributed by atoms with Gasteiger partial charge in [0.1, 0.15) is 29.9 Å². The molecule has 0 spiro atoms. The summed E-state index contributed by atoms with van der Waals surface area (Å²) in [5.41, 5.74) is 4.91. The van der Waals surface area contributed by atoms with Crippen LogP contribution in [0.25, 0.3) is 0 Å². The summed E-state index contributed by atoms with van der Waals surface area (Å²) in [4.78, 5) is 21.2. The highest BCUT2D eigenvalue weighted by Crippen LogP contribution is 2.62. The fourth-order valence-electron chi connectivity index (χ4n) is 8.59. The van der Waals surface area contributed by atoms with Crippen molar-refractivity contribution in [2.75, 3.05) is 59.9 Å². The molecule has 0 aromatic heterocycles. The number of ether oxygens (including phenoxy) is 5. The van der Waals surface area contributed by atoms with Crippen LogP contribution in [0.3, 0.4) is 0 Å². The van der Waals surface area contributed by atoms with Gasteiger partial charge in [-0.25, -0.2) is 4.79 Å². The first-order chi connectivity index (χ1) is 26.8. The third kappa shape index (κ3) is 9.55. The molecule has 2 aromatic carbocycles. The van der Waals surface area contributed by atoms with E-state index in [1.165, 1.54) is 12.7 Å². The molecule has 3 aliphatic rings. The first kappa shape index (κ1) is 42.2. The van der Waals surface area contributed by atoms with Gasteiger partial charge < -0.3 is 43.8 Å². The number of carbonyl (C=O) groups excluding carboxylic acids is 1. The molecule has 1 saturated carbocycles. The number of unbranched alkanes of at least 4 members (excludes halogenated alkanes) is 2. The number of amides is 1. The number of allylic oxidation sites excluding steroid dienone is 1. The Morgan fingerprint density at radius 1 is 1.00 bits per heavy atom. The standard InChI is InChI=1S/C43H60N2O10/c1-6-22-52-43-39(45(42(49)50-5)18-23-51-24-21-48)28-37(44-53-7-2)35-26-31(12-8-10-19-46)34(13-9-11-20-47)40(41(35)43)36-27-33(16-17-38(36)55-43)54-32-15-14-29(3)30(4)25-32/h6,14-17,25-27,31,34,39-41,46-48H,1,7-13,18-24,28H2,2-5H3. The molecule has 302 valence electrons. The molecule has 0 radical (unpaired) electrons. The minimum absolute atomic E-state index is 0.0665. The van der Waals surface area contributed by atoms with Gasteiger partial charge in [0.2, 0.25) is 5.79 Å². The van der Waals surface area contributed by atoms with Crippen LogP contribution in [-0.4, -0.2) is 104 Å². The van der Waals surface area contributed by atoms with E-state index in [1.54, 1.807) is 11.0 Å². The summed E-state index contributed by atoms with van der Waals surface area (Å²) >= 11 is 0. The average Bonchev–Trinajstić information content (AvgIpc) is 3.19. The van der Waals surface area contributed by atoms with Gasteiger partial charge in [0.15, 0.2) is 0 Å². The summed E-state index contributed by atoms with van der Waals surface area (Å²) < 4.78 is 31.7. The van der Waals surface area contributed by atoms with Crippen LogP contribution in [-0.2, 0) is 19.0 Å². The SMILES string of the molecule is C=CCOC12Oc3ccc(Oc4ccc(C)c(C)c4)cc3C3C(CCCCO)C(CCCCO)C=C(C(=NOCC)CC1N(CCOCCO)C(=O)OC)C32. The van der Waals surface area contributed by atoms with Gasteiger partial charge in [-0.05, 0) is 105 Å². The number of methoxy groups -OCH3 is 1. The van der Waals surface area contributed by atoms with Gasteiger partial charge in [-0.1, -0.05) is 36.2 Å². The summed E-state index contributed by atoms with van der Waals surface area (Å²) in [6, 6.07) is 11.2. The number of nitrogens with zero attached hydrogens (tertiary/aromatic N) is 2. The molecule has 1 heterocycles. The van der Waals surface area contributed by atoms with Crippen LogP contribution < -0.4 is 9.47 Å². The molecular formula is C43H60N2O10. The van der Waals surface area contributed by atoms with Gasteiger partial charge in [0.25, 0.3) is 0 Å². The molecule has 3 N–H and O–H groups in total. The van der Waals surface area contributed by atoms with Crippen molar-refractivity contribution in [3.8, 4) is 17.2 Å². The summed E-state index contributed by atoms with van der Waals surface area (Å²) in [5, 5.41) is 33.8. The van der Waals surface area contributed by atoms with Crippen LogP contribution in [0.2, 0.25) is 0 Å². The first-order valence-electron chi connectivity index (χ1n) is 19.7.